The van der Waals surface area contributed by atoms with Crippen molar-refractivity contribution in [1.29, 1.82) is 0 Å². The molecule has 0 aliphatic rings. The van der Waals surface area contributed by atoms with Crippen LogP contribution in [0.4, 0.5) is 0 Å². The van der Waals surface area contributed by atoms with Crippen LogP contribution < -0.4 is 0 Å². The highest BCUT2D eigenvalue weighted by molar-refractivity contribution is 6.20. The van der Waals surface area contributed by atoms with Gasteiger partial charge in [-0.1, -0.05) is 35.9 Å². The number of nitrogens with zero attached hydrogens (tertiary/aromatic N) is 2. The van der Waals surface area contributed by atoms with E-state index in [0.717, 1.165) is 5.56 Å². The average molecular weight is 216 g/mol. The minimum absolute atomic E-state index is 0.152. The Morgan fingerprint density at radius 1 is 1.56 bits per heavy atom. The summed E-state index contributed by atoms with van der Waals surface area (Å²) in [7, 11) is 0. The van der Waals surface area contributed by atoms with Crippen molar-refractivity contribution >= 4 is 18.3 Å². The van der Waals surface area contributed by atoms with Crippen molar-refractivity contribution in [3.8, 4) is 0 Å². The topological polar surface area (TPSA) is 62.7 Å². The SMILES string of the molecule is Cc1cccc(/C=C\COC(=O)C=[N+]=[N-])c1. The van der Waals surface area contributed by atoms with E-state index in [2.05, 4.69) is 4.79 Å². The van der Waals surface area contributed by atoms with Crippen molar-refractivity contribution in [3.05, 3.63) is 47.0 Å². The molecule has 0 unspecified atom stereocenters. The fourth-order valence-electron chi connectivity index (χ4n) is 1.17. The van der Waals surface area contributed by atoms with Crippen molar-refractivity contribution in [2.75, 3.05) is 6.61 Å². The molecule has 0 aliphatic carbocycles. The normalized spacial score (nSPS) is 9.81. The van der Waals surface area contributed by atoms with Crippen LogP contribution in [0.25, 0.3) is 11.6 Å². The minimum Gasteiger partial charge on any atom is -0.453 e. The van der Waals surface area contributed by atoms with Gasteiger partial charge in [-0.15, -0.1) is 0 Å². The molecule has 0 spiro atoms. The molecular formula is C12H12N2O2. The van der Waals surface area contributed by atoms with Gasteiger partial charge in [-0.25, -0.2) is 4.79 Å². The van der Waals surface area contributed by atoms with E-state index in [-0.39, 0.29) is 6.61 Å². The van der Waals surface area contributed by atoms with Crippen LogP contribution in [0.5, 0.6) is 0 Å². The average Bonchev–Trinajstić information content (AvgIpc) is 2.25. The van der Waals surface area contributed by atoms with Gasteiger partial charge in [-0.3, -0.25) is 0 Å². The van der Waals surface area contributed by atoms with Gasteiger partial charge in [0.25, 0.3) is 0 Å². The highest BCUT2D eigenvalue weighted by Crippen LogP contribution is 2.05. The molecule has 0 bridgehead atoms. The maximum absolute atomic E-state index is 10.7. The van der Waals surface area contributed by atoms with E-state index >= 15 is 0 Å². The van der Waals surface area contributed by atoms with Crippen LogP contribution in [0.2, 0.25) is 0 Å². The summed E-state index contributed by atoms with van der Waals surface area (Å²) in [5, 5.41) is 0. The Morgan fingerprint density at radius 3 is 3.06 bits per heavy atom. The molecule has 1 aromatic rings. The molecule has 4 nitrogen and oxygen atoms in total. The number of hydrogen-bond acceptors (Lipinski definition) is 2. The summed E-state index contributed by atoms with van der Waals surface area (Å²) in [5.74, 6) is -0.670. The summed E-state index contributed by atoms with van der Waals surface area (Å²) in [4.78, 5) is 13.3. The summed E-state index contributed by atoms with van der Waals surface area (Å²) >= 11 is 0. The molecule has 16 heavy (non-hydrogen) atoms. The van der Waals surface area contributed by atoms with E-state index in [9.17, 15) is 4.79 Å². The Labute approximate surface area is 93.8 Å². The van der Waals surface area contributed by atoms with E-state index in [1.807, 2.05) is 37.3 Å². The third-order valence-corrected chi connectivity index (χ3v) is 1.84. The van der Waals surface area contributed by atoms with Gasteiger partial charge in [0.1, 0.15) is 6.61 Å². The van der Waals surface area contributed by atoms with Crippen LogP contribution in [0, 0.1) is 6.92 Å². The number of ether oxygens (including phenoxy) is 1. The summed E-state index contributed by atoms with van der Waals surface area (Å²) < 4.78 is 4.70. The van der Waals surface area contributed by atoms with Crippen LogP contribution in [0.3, 0.4) is 0 Å². The lowest BCUT2D eigenvalue weighted by Gasteiger charge is -1.96. The van der Waals surface area contributed by atoms with Gasteiger partial charge >= 0.3 is 12.2 Å². The lowest BCUT2D eigenvalue weighted by molar-refractivity contribution is -0.137. The maximum atomic E-state index is 10.7. The molecule has 0 saturated heterocycles. The lowest BCUT2D eigenvalue weighted by Crippen LogP contribution is -2.05. The number of aryl methyl sites for hydroxylation is 1. The first-order chi connectivity index (χ1) is 7.72. The van der Waals surface area contributed by atoms with Gasteiger partial charge in [-0.05, 0) is 18.6 Å². The first-order valence-electron chi connectivity index (χ1n) is 4.80. The van der Waals surface area contributed by atoms with E-state index in [1.165, 1.54) is 5.56 Å². The van der Waals surface area contributed by atoms with Gasteiger partial charge in [0.2, 0.25) is 0 Å². The fourth-order valence-corrected chi connectivity index (χ4v) is 1.17. The van der Waals surface area contributed by atoms with Crippen molar-refractivity contribution in [2.24, 2.45) is 0 Å². The zero-order valence-electron chi connectivity index (χ0n) is 8.96. The first kappa shape index (κ1) is 11.9. The van der Waals surface area contributed by atoms with E-state index in [0.29, 0.717) is 6.21 Å². The van der Waals surface area contributed by atoms with Gasteiger partial charge in [0.05, 0.1) is 0 Å². The van der Waals surface area contributed by atoms with Crippen molar-refractivity contribution in [2.45, 2.75) is 6.92 Å². The number of carbonyl (C=O) groups is 1. The van der Waals surface area contributed by atoms with Crippen LogP contribution in [-0.4, -0.2) is 23.6 Å². The largest absolute Gasteiger partial charge is 0.453 e. The van der Waals surface area contributed by atoms with Crippen molar-refractivity contribution in [3.63, 3.8) is 0 Å². The monoisotopic (exact) mass is 216 g/mol. The molecule has 0 saturated carbocycles. The fraction of sp³-hybridized carbons (Fsp3) is 0.167. The molecule has 0 amide bonds. The Hall–Kier alpha value is -2.19. The van der Waals surface area contributed by atoms with Crippen LogP contribution in [0.15, 0.2) is 30.3 Å². The van der Waals surface area contributed by atoms with E-state index < -0.39 is 5.97 Å². The quantitative estimate of drug-likeness (QED) is 0.333. The number of hydrogen-bond donors (Lipinski definition) is 0. The Bertz CT molecular complexity index is 446. The van der Waals surface area contributed by atoms with Gasteiger partial charge in [0.15, 0.2) is 0 Å². The molecule has 4 heteroatoms. The summed E-state index contributed by atoms with van der Waals surface area (Å²) in [6.45, 7) is 2.16. The molecule has 1 aromatic carbocycles. The molecule has 0 aromatic heterocycles. The lowest BCUT2D eigenvalue weighted by atomic mass is 10.1. The Morgan fingerprint density at radius 2 is 2.38 bits per heavy atom. The maximum Gasteiger partial charge on any atom is 0.413 e. The highest BCUT2D eigenvalue weighted by atomic mass is 16.5. The van der Waals surface area contributed by atoms with Crippen molar-refractivity contribution in [1.82, 2.24) is 0 Å². The summed E-state index contributed by atoms with van der Waals surface area (Å²) in [6, 6.07) is 7.95. The highest BCUT2D eigenvalue weighted by Gasteiger charge is 1.99. The Balaban J connectivity index is 2.43. The predicted octanol–water partition coefficient (Wildman–Crippen LogP) is 1.85. The second kappa shape index (κ2) is 6.32. The van der Waals surface area contributed by atoms with Crippen molar-refractivity contribution < 1.29 is 14.3 Å². The second-order valence-electron chi connectivity index (χ2n) is 3.19. The zero-order chi connectivity index (χ0) is 11.8. The first-order valence-corrected chi connectivity index (χ1v) is 4.80. The number of rotatable bonds is 4. The zero-order valence-corrected chi connectivity index (χ0v) is 8.96. The van der Waals surface area contributed by atoms with E-state index in [4.69, 9.17) is 10.3 Å². The number of benzene rings is 1. The molecule has 82 valence electrons. The predicted molar refractivity (Wildman–Crippen MR) is 60.9 cm³/mol. The molecule has 0 atom stereocenters. The minimum atomic E-state index is -0.670. The van der Waals surface area contributed by atoms with Crippen LogP contribution in [0.1, 0.15) is 11.1 Å². The van der Waals surface area contributed by atoms with Crippen LogP contribution >= 0.6 is 0 Å². The number of carbonyl (C=O) groups excluding carboxylic acids is 1. The van der Waals surface area contributed by atoms with Crippen LogP contribution in [-0.2, 0) is 9.53 Å². The molecule has 0 N–H and O–H groups in total. The summed E-state index contributed by atoms with van der Waals surface area (Å²) in [6.07, 6.45) is 4.29. The molecule has 1 rings (SSSR count). The molecule has 0 fully saturated rings. The number of esters is 1. The van der Waals surface area contributed by atoms with Gasteiger partial charge < -0.3 is 10.3 Å². The third kappa shape index (κ3) is 4.35. The smallest absolute Gasteiger partial charge is 0.413 e. The standard InChI is InChI=1S/C12H12N2O2/c1-10-4-2-5-11(8-10)6-3-7-16-12(15)9-14-13/h2-6,8-9H,7H2,1H3/b6-3-. The Kier molecular flexibility index (Phi) is 4.70. The molecular weight excluding hydrogens is 204 g/mol. The summed E-state index contributed by atoms with van der Waals surface area (Å²) in [5.41, 5.74) is 10.3. The van der Waals surface area contributed by atoms with E-state index in [1.54, 1.807) is 6.08 Å². The molecule has 0 heterocycles. The molecule has 0 aliphatic heterocycles. The van der Waals surface area contributed by atoms with Gasteiger partial charge in [-0.2, -0.15) is 4.79 Å². The second-order valence-corrected chi connectivity index (χ2v) is 3.19. The molecule has 0 radical (unpaired) electrons. The third-order valence-electron chi connectivity index (χ3n) is 1.84. The van der Waals surface area contributed by atoms with Gasteiger partial charge in [0, 0.05) is 0 Å².